The van der Waals surface area contributed by atoms with Crippen molar-refractivity contribution in [3.05, 3.63) is 23.7 Å². The number of ether oxygens (including phenoxy) is 1. The zero-order valence-electron chi connectivity index (χ0n) is 14.1. The van der Waals surface area contributed by atoms with Gasteiger partial charge in [0.25, 0.3) is 5.91 Å². The fraction of sp³-hybridized carbons (Fsp3) is 0.588. The molecule has 2 aromatic heterocycles. The van der Waals surface area contributed by atoms with Gasteiger partial charge >= 0.3 is 0 Å². The fourth-order valence-corrected chi connectivity index (χ4v) is 3.76. The van der Waals surface area contributed by atoms with Crippen molar-refractivity contribution in [1.82, 2.24) is 19.8 Å². The van der Waals surface area contributed by atoms with Crippen LogP contribution in [-0.2, 0) is 11.8 Å². The molecule has 0 N–H and O–H groups in total. The summed E-state index contributed by atoms with van der Waals surface area (Å²) in [6.07, 6.45) is 4.92. The lowest BCUT2D eigenvalue weighted by atomic mass is 9.79. The Bertz CT molecular complexity index is 758. The first kappa shape index (κ1) is 15.4. The van der Waals surface area contributed by atoms with Crippen molar-refractivity contribution in [2.75, 3.05) is 26.3 Å². The second-order valence-electron chi connectivity index (χ2n) is 6.98. The van der Waals surface area contributed by atoms with Crippen molar-refractivity contribution in [2.24, 2.45) is 12.5 Å². The highest BCUT2D eigenvalue weighted by molar-refractivity contribution is 5.93. The van der Waals surface area contributed by atoms with Crippen LogP contribution < -0.4 is 0 Å². The van der Waals surface area contributed by atoms with Crippen LogP contribution in [0.5, 0.6) is 0 Å². The lowest BCUT2D eigenvalue weighted by Crippen LogP contribution is -2.46. The molecule has 2 saturated heterocycles. The largest absolute Gasteiger partial charge is 0.381 e. The summed E-state index contributed by atoms with van der Waals surface area (Å²) in [5, 5.41) is 8.20. The van der Waals surface area contributed by atoms with Gasteiger partial charge in [-0.15, -0.1) is 0 Å². The maximum atomic E-state index is 12.8. The molecule has 4 heterocycles. The number of piperidine rings is 1. The Labute approximate surface area is 140 Å². The Kier molecular flexibility index (Phi) is 3.68. The minimum atomic E-state index is -0.0579. The van der Waals surface area contributed by atoms with Crippen LogP contribution in [0, 0.1) is 12.3 Å². The summed E-state index contributed by atoms with van der Waals surface area (Å²) < 4.78 is 12.7. The highest BCUT2D eigenvalue weighted by Crippen LogP contribution is 2.38. The highest BCUT2D eigenvalue weighted by Gasteiger charge is 2.40. The average Bonchev–Trinajstić information content (AvgIpc) is 3.30. The number of amides is 1. The molecule has 7 heteroatoms. The third-order valence-corrected chi connectivity index (χ3v) is 5.36. The van der Waals surface area contributed by atoms with Crippen molar-refractivity contribution < 1.29 is 14.1 Å². The normalized spacial score (nSPS) is 24.0. The van der Waals surface area contributed by atoms with Gasteiger partial charge in [-0.2, -0.15) is 5.10 Å². The molecule has 128 valence electrons. The van der Waals surface area contributed by atoms with E-state index in [2.05, 4.69) is 10.3 Å². The first-order valence-corrected chi connectivity index (χ1v) is 8.41. The predicted molar refractivity (Wildman–Crippen MR) is 86.4 cm³/mol. The number of aryl methyl sites for hydroxylation is 1. The molecule has 0 aromatic carbocycles. The lowest BCUT2D eigenvalue weighted by molar-refractivity contribution is 0.0454. The number of carbonyl (C=O) groups excluding carboxylic acids is 1. The maximum absolute atomic E-state index is 12.8. The van der Waals surface area contributed by atoms with Crippen molar-refractivity contribution in [2.45, 2.75) is 26.2 Å². The number of aromatic nitrogens is 3. The summed E-state index contributed by atoms with van der Waals surface area (Å²) in [5.74, 6) is 0.525. The van der Waals surface area contributed by atoms with Crippen LogP contribution in [0.25, 0.3) is 11.3 Å². The Balaban J connectivity index is 1.54. The molecule has 7 nitrogen and oxygen atoms in total. The molecule has 0 bridgehead atoms. The van der Waals surface area contributed by atoms with Crippen molar-refractivity contribution in [1.29, 1.82) is 0 Å². The summed E-state index contributed by atoms with van der Waals surface area (Å²) >= 11 is 0. The van der Waals surface area contributed by atoms with E-state index in [9.17, 15) is 4.79 Å². The van der Waals surface area contributed by atoms with E-state index in [-0.39, 0.29) is 11.3 Å². The van der Waals surface area contributed by atoms with Crippen LogP contribution in [0.2, 0.25) is 0 Å². The molecule has 2 fully saturated rings. The molecule has 1 atom stereocenters. The van der Waals surface area contributed by atoms with Crippen LogP contribution in [0.1, 0.15) is 35.4 Å². The molecule has 1 amide bonds. The van der Waals surface area contributed by atoms with E-state index < -0.39 is 0 Å². The van der Waals surface area contributed by atoms with Crippen LogP contribution in [-0.4, -0.2) is 52.0 Å². The van der Waals surface area contributed by atoms with Crippen LogP contribution in [0.15, 0.2) is 16.8 Å². The molecule has 2 aromatic rings. The molecule has 1 spiro atoms. The average molecular weight is 330 g/mol. The zero-order chi connectivity index (χ0) is 16.7. The van der Waals surface area contributed by atoms with Gasteiger partial charge in [-0.3, -0.25) is 9.48 Å². The van der Waals surface area contributed by atoms with Crippen LogP contribution in [0.4, 0.5) is 0 Å². The molecule has 4 rings (SSSR count). The first-order valence-electron chi connectivity index (χ1n) is 8.41. The van der Waals surface area contributed by atoms with Gasteiger partial charge in [0.05, 0.1) is 18.4 Å². The maximum Gasteiger partial charge on any atom is 0.276 e. The molecular weight excluding hydrogens is 308 g/mol. The molecule has 24 heavy (non-hydrogen) atoms. The first-order chi connectivity index (χ1) is 11.6. The van der Waals surface area contributed by atoms with Gasteiger partial charge in [-0.25, -0.2) is 0 Å². The molecular formula is C17H22N4O3. The summed E-state index contributed by atoms with van der Waals surface area (Å²) in [4.78, 5) is 14.7. The van der Waals surface area contributed by atoms with Crippen LogP contribution >= 0.6 is 0 Å². The summed E-state index contributed by atoms with van der Waals surface area (Å²) in [6, 6.07) is 1.72. The molecule has 0 saturated carbocycles. The summed E-state index contributed by atoms with van der Waals surface area (Å²) in [6.45, 7) is 5.04. The second kappa shape index (κ2) is 5.73. The Morgan fingerprint density at radius 1 is 1.38 bits per heavy atom. The third kappa shape index (κ3) is 2.53. The van der Waals surface area contributed by atoms with E-state index >= 15 is 0 Å². The topological polar surface area (TPSA) is 73.4 Å². The Morgan fingerprint density at radius 2 is 2.25 bits per heavy atom. The number of hydrogen-bond donors (Lipinski definition) is 0. The molecule has 2 aliphatic rings. The van der Waals surface area contributed by atoms with Gasteiger partial charge < -0.3 is 14.2 Å². The van der Waals surface area contributed by atoms with Gasteiger partial charge in [-0.05, 0) is 26.2 Å². The van der Waals surface area contributed by atoms with Crippen molar-refractivity contribution in [3.63, 3.8) is 0 Å². The third-order valence-electron chi connectivity index (χ3n) is 5.36. The van der Waals surface area contributed by atoms with Crippen molar-refractivity contribution in [3.8, 4) is 11.3 Å². The monoisotopic (exact) mass is 330 g/mol. The van der Waals surface area contributed by atoms with Gasteiger partial charge in [0.1, 0.15) is 0 Å². The fourth-order valence-electron chi connectivity index (χ4n) is 3.76. The molecule has 2 aliphatic heterocycles. The summed E-state index contributed by atoms with van der Waals surface area (Å²) in [7, 11) is 1.87. The molecule has 0 aliphatic carbocycles. The second-order valence-corrected chi connectivity index (χ2v) is 6.98. The lowest BCUT2D eigenvalue weighted by Gasteiger charge is -2.39. The van der Waals surface area contributed by atoms with E-state index in [1.807, 2.05) is 18.9 Å². The minimum absolute atomic E-state index is 0.0579. The summed E-state index contributed by atoms with van der Waals surface area (Å²) in [5.41, 5.74) is 2.35. The molecule has 0 unspecified atom stereocenters. The highest BCUT2D eigenvalue weighted by atomic mass is 16.5. The van der Waals surface area contributed by atoms with Crippen LogP contribution in [0.3, 0.4) is 0 Å². The van der Waals surface area contributed by atoms with E-state index in [1.54, 1.807) is 16.9 Å². The number of hydrogen-bond acceptors (Lipinski definition) is 5. The van der Waals surface area contributed by atoms with Crippen molar-refractivity contribution >= 4 is 5.91 Å². The Hall–Kier alpha value is -2.15. The standard InChI is InChI=1S/C17H22N4O3/c1-12-13(9-18-20(12)2)15-8-14(19-24-15)16(22)21-6-3-4-17(10-21)5-7-23-11-17/h8-9H,3-7,10-11H2,1-2H3/t17-/m0/s1. The predicted octanol–water partition coefficient (Wildman–Crippen LogP) is 2.03. The number of likely N-dealkylation sites (tertiary alicyclic amines) is 1. The van der Waals surface area contributed by atoms with Gasteiger partial charge in [0.2, 0.25) is 0 Å². The van der Waals surface area contributed by atoms with Gasteiger partial charge in [0.15, 0.2) is 11.5 Å². The SMILES string of the molecule is Cc1c(-c2cc(C(=O)N3CCC[C@]4(CCOC4)C3)no2)cnn1C. The smallest absolute Gasteiger partial charge is 0.276 e. The van der Waals surface area contributed by atoms with Gasteiger partial charge in [-0.1, -0.05) is 5.16 Å². The van der Waals surface area contributed by atoms with E-state index in [0.717, 1.165) is 56.8 Å². The Morgan fingerprint density at radius 3 is 2.96 bits per heavy atom. The molecule has 0 radical (unpaired) electrons. The van der Waals surface area contributed by atoms with E-state index in [0.29, 0.717) is 11.5 Å². The zero-order valence-corrected chi connectivity index (χ0v) is 14.1. The quantitative estimate of drug-likeness (QED) is 0.842. The minimum Gasteiger partial charge on any atom is -0.381 e. The number of carbonyl (C=O) groups is 1. The van der Waals surface area contributed by atoms with Gasteiger partial charge in [0, 0.05) is 43.9 Å². The number of nitrogens with zero attached hydrogens (tertiary/aromatic N) is 4. The van der Waals surface area contributed by atoms with E-state index in [4.69, 9.17) is 9.26 Å². The number of rotatable bonds is 2. The van der Waals surface area contributed by atoms with E-state index in [1.165, 1.54) is 0 Å².